The highest BCUT2D eigenvalue weighted by molar-refractivity contribution is 5.11. The normalized spacial score (nSPS) is 25.5. The predicted octanol–water partition coefficient (Wildman–Crippen LogP) is 0.0538. The highest BCUT2D eigenvalue weighted by Gasteiger charge is 2.15. The van der Waals surface area contributed by atoms with Crippen LogP contribution in [0.25, 0.3) is 0 Å². The Kier molecular flexibility index (Phi) is 2.39. The minimum absolute atomic E-state index is 0.944. The summed E-state index contributed by atoms with van der Waals surface area (Å²) in [4.78, 5) is 4.51. The number of hydrogen-bond donors (Lipinski definition) is 1. The molecule has 64 valence electrons. The summed E-state index contributed by atoms with van der Waals surface area (Å²) in [5.41, 5.74) is 7.94. The predicted molar refractivity (Wildman–Crippen MR) is 47.0 cm³/mol. The molecule has 0 atom stereocenters. The molecule has 2 N–H and O–H groups in total. The topological polar surface area (TPSA) is 32.5 Å². The van der Waals surface area contributed by atoms with Gasteiger partial charge in [-0.05, 0) is 14.0 Å². The summed E-state index contributed by atoms with van der Waals surface area (Å²) >= 11 is 0. The molecule has 1 rings (SSSR count). The average molecular weight is 155 g/mol. The fourth-order valence-electron chi connectivity index (χ4n) is 1.34. The highest BCUT2D eigenvalue weighted by Crippen LogP contribution is 2.10. The fourth-order valence-corrected chi connectivity index (χ4v) is 1.34. The van der Waals surface area contributed by atoms with Crippen molar-refractivity contribution in [3.05, 3.63) is 11.4 Å². The van der Waals surface area contributed by atoms with Crippen molar-refractivity contribution >= 4 is 0 Å². The number of nitrogens with two attached hydrogens (primary N) is 1. The summed E-state index contributed by atoms with van der Waals surface area (Å²) < 4.78 is 0. The maximum Gasteiger partial charge on any atom is 0.0461 e. The third-order valence-corrected chi connectivity index (χ3v) is 2.15. The van der Waals surface area contributed by atoms with E-state index < -0.39 is 0 Å². The van der Waals surface area contributed by atoms with Gasteiger partial charge in [0.1, 0.15) is 0 Å². The van der Waals surface area contributed by atoms with Gasteiger partial charge < -0.3 is 10.6 Å². The van der Waals surface area contributed by atoms with Gasteiger partial charge in [0.25, 0.3) is 0 Å². The Hall–Kier alpha value is -0.700. The van der Waals surface area contributed by atoms with Gasteiger partial charge >= 0.3 is 0 Å². The lowest BCUT2D eigenvalue weighted by molar-refractivity contribution is 0.226. The Bertz CT molecular complexity index is 170. The number of nitrogens with zero attached hydrogens (tertiary/aromatic N) is 2. The molecule has 11 heavy (non-hydrogen) atoms. The second kappa shape index (κ2) is 3.13. The molecule has 1 heterocycles. The minimum atomic E-state index is 0.944. The highest BCUT2D eigenvalue weighted by atomic mass is 15.2. The van der Waals surface area contributed by atoms with Crippen molar-refractivity contribution in [3.63, 3.8) is 0 Å². The van der Waals surface area contributed by atoms with E-state index in [1.165, 1.54) is 5.70 Å². The van der Waals surface area contributed by atoms with E-state index in [4.69, 9.17) is 5.73 Å². The van der Waals surface area contributed by atoms with E-state index in [2.05, 4.69) is 23.9 Å². The van der Waals surface area contributed by atoms with E-state index in [0.29, 0.717) is 0 Å². The molecule has 1 aliphatic heterocycles. The maximum absolute atomic E-state index is 5.73. The van der Waals surface area contributed by atoms with Crippen LogP contribution in [0.4, 0.5) is 0 Å². The van der Waals surface area contributed by atoms with Gasteiger partial charge in [0, 0.05) is 38.1 Å². The number of likely N-dealkylation sites (N-methyl/N-ethyl adjacent to an activating group) is 2. The molecular weight excluding hydrogens is 138 g/mol. The van der Waals surface area contributed by atoms with Crippen molar-refractivity contribution in [2.45, 2.75) is 6.92 Å². The zero-order valence-electron chi connectivity index (χ0n) is 7.59. The Morgan fingerprint density at radius 3 is 2.45 bits per heavy atom. The average Bonchev–Trinajstić information content (AvgIpc) is 1.94. The van der Waals surface area contributed by atoms with Gasteiger partial charge in [-0.25, -0.2) is 0 Å². The van der Waals surface area contributed by atoms with E-state index in [1.54, 1.807) is 0 Å². The van der Waals surface area contributed by atoms with Crippen molar-refractivity contribution in [2.75, 3.05) is 33.7 Å². The van der Waals surface area contributed by atoms with E-state index >= 15 is 0 Å². The summed E-state index contributed by atoms with van der Waals surface area (Å²) in [5, 5.41) is 0. The van der Waals surface area contributed by atoms with Gasteiger partial charge in [-0.3, -0.25) is 4.90 Å². The lowest BCUT2D eigenvalue weighted by Crippen LogP contribution is -2.41. The lowest BCUT2D eigenvalue weighted by atomic mass is 10.2. The zero-order valence-corrected chi connectivity index (χ0v) is 7.59. The number of piperazine rings is 1. The molecule has 1 aliphatic rings. The molecule has 0 aromatic rings. The first-order chi connectivity index (χ1) is 5.11. The van der Waals surface area contributed by atoms with Crippen molar-refractivity contribution < 1.29 is 0 Å². The standard InChI is InChI=1S/C8H17N3/c1-7(9)8-6-10(2)4-5-11(8)3/h4-6,9H2,1-3H3/b8-7-. The van der Waals surface area contributed by atoms with Gasteiger partial charge in [-0.15, -0.1) is 0 Å². The second-order valence-corrected chi connectivity index (χ2v) is 3.29. The van der Waals surface area contributed by atoms with Crippen LogP contribution in [-0.4, -0.2) is 43.5 Å². The Balaban J connectivity index is 2.70. The lowest BCUT2D eigenvalue weighted by Gasteiger charge is -2.34. The van der Waals surface area contributed by atoms with Crippen LogP contribution in [-0.2, 0) is 0 Å². The molecule has 0 aromatic heterocycles. The molecule has 3 nitrogen and oxygen atoms in total. The molecule has 0 aliphatic carbocycles. The molecule has 3 heteroatoms. The van der Waals surface area contributed by atoms with Crippen LogP contribution >= 0.6 is 0 Å². The molecule has 0 amide bonds. The number of allylic oxidation sites excluding steroid dienone is 1. The van der Waals surface area contributed by atoms with E-state index in [0.717, 1.165) is 25.3 Å². The molecule has 1 fully saturated rings. The van der Waals surface area contributed by atoms with Crippen LogP contribution in [0.15, 0.2) is 11.4 Å². The van der Waals surface area contributed by atoms with Gasteiger partial charge in [-0.1, -0.05) is 0 Å². The molecule has 0 bridgehead atoms. The van der Waals surface area contributed by atoms with Gasteiger partial charge in [0.15, 0.2) is 0 Å². The quantitative estimate of drug-likeness (QED) is 0.536. The van der Waals surface area contributed by atoms with Crippen molar-refractivity contribution in [1.29, 1.82) is 0 Å². The first-order valence-corrected chi connectivity index (χ1v) is 3.96. The number of hydrogen-bond acceptors (Lipinski definition) is 3. The third kappa shape index (κ3) is 1.87. The van der Waals surface area contributed by atoms with Crippen LogP contribution < -0.4 is 5.73 Å². The first kappa shape index (κ1) is 8.40. The van der Waals surface area contributed by atoms with Crippen LogP contribution in [0.2, 0.25) is 0 Å². The second-order valence-electron chi connectivity index (χ2n) is 3.29. The Labute approximate surface area is 68.5 Å². The Morgan fingerprint density at radius 2 is 2.00 bits per heavy atom. The zero-order chi connectivity index (χ0) is 8.43. The largest absolute Gasteiger partial charge is 0.401 e. The SMILES string of the molecule is C/C(N)=C1\CN(C)CCN1C. The third-order valence-electron chi connectivity index (χ3n) is 2.15. The summed E-state index contributed by atoms with van der Waals surface area (Å²) in [6, 6.07) is 0. The number of rotatable bonds is 0. The Morgan fingerprint density at radius 1 is 1.36 bits per heavy atom. The maximum atomic E-state index is 5.73. The van der Waals surface area contributed by atoms with Crippen LogP contribution in [0.1, 0.15) is 6.92 Å². The van der Waals surface area contributed by atoms with Crippen molar-refractivity contribution in [2.24, 2.45) is 5.73 Å². The summed E-state index contributed by atoms with van der Waals surface area (Å²) in [5.74, 6) is 0. The van der Waals surface area contributed by atoms with E-state index in [-0.39, 0.29) is 0 Å². The molecule has 0 spiro atoms. The first-order valence-electron chi connectivity index (χ1n) is 3.96. The molecule has 0 saturated carbocycles. The smallest absolute Gasteiger partial charge is 0.0461 e. The summed E-state index contributed by atoms with van der Waals surface area (Å²) in [6.45, 7) is 5.16. The molecular formula is C8H17N3. The fraction of sp³-hybridized carbons (Fsp3) is 0.750. The van der Waals surface area contributed by atoms with E-state index in [9.17, 15) is 0 Å². The van der Waals surface area contributed by atoms with Crippen molar-refractivity contribution in [1.82, 2.24) is 9.80 Å². The van der Waals surface area contributed by atoms with E-state index in [1.807, 2.05) is 6.92 Å². The minimum Gasteiger partial charge on any atom is -0.401 e. The molecule has 0 radical (unpaired) electrons. The molecule has 1 saturated heterocycles. The summed E-state index contributed by atoms with van der Waals surface area (Å²) in [7, 11) is 4.22. The van der Waals surface area contributed by atoms with Gasteiger partial charge in [0.2, 0.25) is 0 Å². The van der Waals surface area contributed by atoms with Gasteiger partial charge in [-0.2, -0.15) is 0 Å². The molecule has 0 unspecified atom stereocenters. The summed E-state index contributed by atoms with van der Waals surface area (Å²) in [6.07, 6.45) is 0. The molecule has 0 aromatic carbocycles. The van der Waals surface area contributed by atoms with Crippen LogP contribution in [0, 0.1) is 0 Å². The van der Waals surface area contributed by atoms with Crippen LogP contribution in [0.5, 0.6) is 0 Å². The van der Waals surface area contributed by atoms with Gasteiger partial charge in [0.05, 0.1) is 0 Å². The monoisotopic (exact) mass is 155 g/mol. The van der Waals surface area contributed by atoms with Crippen molar-refractivity contribution in [3.8, 4) is 0 Å². The van der Waals surface area contributed by atoms with Crippen LogP contribution in [0.3, 0.4) is 0 Å².